The number of esters is 1. The molecule has 0 aliphatic carbocycles. The highest BCUT2D eigenvalue weighted by atomic mass is 32.2. The number of carboxylic acid groups (broad SMARTS) is 1. The second-order valence-corrected chi connectivity index (χ2v) is 6.59. The summed E-state index contributed by atoms with van der Waals surface area (Å²) in [6.45, 7) is 1.36. The van der Waals surface area contributed by atoms with E-state index in [-0.39, 0.29) is 11.5 Å². The summed E-state index contributed by atoms with van der Waals surface area (Å²) in [5.41, 5.74) is 0.633. The van der Waals surface area contributed by atoms with E-state index < -0.39 is 36.2 Å². The molecule has 27 heavy (non-hydrogen) atoms. The topological polar surface area (TPSA) is 110 Å². The van der Waals surface area contributed by atoms with Crippen LogP contribution in [0.4, 0.5) is 4.79 Å². The third-order valence-corrected chi connectivity index (χ3v) is 4.37. The van der Waals surface area contributed by atoms with E-state index in [0.29, 0.717) is 11.3 Å². The number of benzene rings is 1. The molecule has 8 nitrogen and oxygen atoms in total. The van der Waals surface area contributed by atoms with Crippen molar-refractivity contribution in [3.63, 3.8) is 0 Å². The summed E-state index contributed by atoms with van der Waals surface area (Å²) < 4.78 is 10.0. The minimum atomic E-state index is -1.08. The van der Waals surface area contributed by atoms with Gasteiger partial charge in [-0.3, -0.25) is 19.3 Å². The number of carbonyl (C=O) groups excluding carboxylic acids is 3. The van der Waals surface area contributed by atoms with Gasteiger partial charge in [0.25, 0.3) is 11.1 Å². The Morgan fingerprint density at radius 2 is 1.93 bits per heavy atom. The highest BCUT2D eigenvalue weighted by molar-refractivity contribution is 8.18. The number of carbonyl (C=O) groups is 4. The molecule has 144 valence electrons. The molecule has 0 spiro atoms. The van der Waals surface area contributed by atoms with Gasteiger partial charge in [-0.2, -0.15) is 0 Å². The minimum Gasteiger partial charge on any atom is -0.482 e. The maximum absolute atomic E-state index is 12.3. The number of unbranched alkanes of at least 4 members (excludes halogenated alkanes) is 1. The van der Waals surface area contributed by atoms with Gasteiger partial charge < -0.3 is 14.6 Å². The minimum absolute atomic E-state index is 0.195. The number of carboxylic acids is 1. The first kappa shape index (κ1) is 20.5. The van der Waals surface area contributed by atoms with Gasteiger partial charge in [-0.15, -0.1) is 0 Å². The lowest BCUT2D eigenvalue weighted by atomic mass is 10.2. The maximum Gasteiger partial charge on any atom is 0.341 e. The SMILES string of the molecule is CCCCOC(=O)CN1C(=O)SC(=Cc2ccc(OCC(=O)O)cc2)C1=O. The second kappa shape index (κ2) is 9.77. The first-order chi connectivity index (χ1) is 12.9. The summed E-state index contributed by atoms with van der Waals surface area (Å²) in [7, 11) is 0. The molecule has 1 aliphatic heterocycles. The van der Waals surface area contributed by atoms with Crippen molar-refractivity contribution in [2.75, 3.05) is 19.8 Å². The lowest BCUT2D eigenvalue weighted by molar-refractivity contribution is -0.146. The smallest absolute Gasteiger partial charge is 0.341 e. The van der Waals surface area contributed by atoms with Crippen molar-refractivity contribution in [2.45, 2.75) is 19.8 Å². The predicted molar refractivity (Wildman–Crippen MR) is 98.1 cm³/mol. The normalized spacial score (nSPS) is 15.3. The molecule has 1 saturated heterocycles. The number of rotatable bonds is 9. The standard InChI is InChI=1S/C18H19NO7S/c1-2-3-8-25-16(22)10-19-17(23)14(27-18(19)24)9-12-4-6-13(7-5-12)26-11-15(20)21/h4-7,9H,2-3,8,10-11H2,1H3,(H,20,21). The quantitative estimate of drug-likeness (QED) is 0.387. The van der Waals surface area contributed by atoms with Crippen molar-refractivity contribution in [3.05, 3.63) is 34.7 Å². The molecule has 1 N–H and O–H groups in total. The fourth-order valence-corrected chi connectivity index (χ4v) is 2.94. The molecule has 0 bridgehead atoms. The van der Waals surface area contributed by atoms with E-state index in [1.165, 1.54) is 6.08 Å². The third-order valence-electron chi connectivity index (χ3n) is 3.46. The zero-order valence-corrected chi connectivity index (χ0v) is 15.5. The van der Waals surface area contributed by atoms with E-state index >= 15 is 0 Å². The molecule has 1 fully saturated rings. The van der Waals surface area contributed by atoms with Crippen LogP contribution >= 0.6 is 11.8 Å². The van der Waals surface area contributed by atoms with Crippen molar-refractivity contribution in [3.8, 4) is 5.75 Å². The molecule has 1 aliphatic rings. The molecule has 2 amide bonds. The number of amides is 2. The zero-order valence-electron chi connectivity index (χ0n) is 14.7. The largest absolute Gasteiger partial charge is 0.482 e. The Morgan fingerprint density at radius 3 is 2.56 bits per heavy atom. The van der Waals surface area contributed by atoms with Crippen LogP contribution in [-0.2, 0) is 19.1 Å². The number of nitrogens with zero attached hydrogens (tertiary/aromatic N) is 1. The van der Waals surface area contributed by atoms with Crippen LogP contribution in [-0.4, -0.2) is 52.8 Å². The van der Waals surface area contributed by atoms with Gasteiger partial charge in [0.15, 0.2) is 6.61 Å². The van der Waals surface area contributed by atoms with Crippen molar-refractivity contribution in [2.24, 2.45) is 0 Å². The second-order valence-electron chi connectivity index (χ2n) is 5.59. The Morgan fingerprint density at radius 1 is 1.22 bits per heavy atom. The number of hydrogen-bond acceptors (Lipinski definition) is 7. The molecule has 0 atom stereocenters. The Bertz CT molecular complexity index is 757. The molecule has 1 aromatic rings. The van der Waals surface area contributed by atoms with Crippen LogP contribution in [0.2, 0.25) is 0 Å². The summed E-state index contributed by atoms with van der Waals surface area (Å²) in [4.78, 5) is 47.6. The van der Waals surface area contributed by atoms with Crippen LogP contribution in [0, 0.1) is 0 Å². The molecule has 1 aromatic carbocycles. The van der Waals surface area contributed by atoms with Gasteiger partial charge in [-0.05, 0) is 42.0 Å². The molecule has 0 radical (unpaired) electrons. The van der Waals surface area contributed by atoms with Gasteiger partial charge in [-0.1, -0.05) is 25.5 Å². The Balaban J connectivity index is 1.98. The van der Waals surface area contributed by atoms with E-state index in [1.807, 2.05) is 6.92 Å². The predicted octanol–water partition coefficient (Wildman–Crippen LogP) is 2.53. The summed E-state index contributed by atoms with van der Waals surface area (Å²) >= 11 is 0.747. The van der Waals surface area contributed by atoms with Crippen molar-refractivity contribution in [1.29, 1.82) is 0 Å². The lowest BCUT2D eigenvalue weighted by Crippen LogP contribution is -2.34. The van der Waals surface area contributed by atoms with Crippen LogP contribution in [0.5, 0.6) is 5.75 Å². The first-order valence-corrected chi connectivity index (χ1v) is 9.08. The molecule has 9 heteroatoms. The summed E-state index contributed by atoms with van der Waals surface area (Å²) in [6.07, 6.45) is 3.12. The van der Waals surface area contributed by atoms with Crippen molar-refractivity contribution < 1.29 is 33.8 Å². The Hall–Kier alpha value is -2.81. The van der Waals surface area contributed by atoms with Crippen LogP contribution in [0.25, 0.3) is 6.08 Å². The molecule has 0 unspecified atom stereocenters. The number of aliphatic carboxylic acids is 1. The van der Waals surface area contributed by atoms with Crippen molar-refractivity contribution in [1.82, 2.24) is 4.90 Å². The fraction of sp³-hybridized carbons (Fsp3) is 0.333. The lowest BCUT2D eigenvalue weighted by Gasteiger charge is -2.11. The Kier molecular flexibility index (Phi) is 7.42. The summed E-state index contributed by atoms with van der Waals surface area (Å²) in [5.74, 6) is -1.88. The molecular weight excluding hydrogens is 374 g/mol. The highest BCUT2D eigenvalue weighted by Gasteiger charge is 2.36. The number of imide groups is 1. The van der Waals surface area contributed by atoms with Gasteiger partial charge in [0, 0.05) is 0 Å². The monoisotopic (exact) mass is 393 g/mol. The first-order valence-electron chi connectivity index (χ1n) is 8.26. The average Bonchev–Trinajstić information content (AvgIpc) is 2.89. The fourth-order valence-electron chi connectivity index (χ4n) is 2.10. The van der Waals surface area contributed by atoms with Crippen molar-refractivity contribution >= 4 is 40.9 Å². The molecule has 1 heterocycles. The van der Waals surface area contributed by atoms with Crippen LogP contribution in [0.15, 0.2) is 29.2 Å². The summed E-state index contributed by atoms with van der Waals surface area (Å²) in [6, 6.07) is 6.38. The number of thioether (sulfide) groups is 1. The van der Waals surface area contributed by atoms with E-state index in [4.69, 9.17) is 14.6 Å². The van der Waals surface area contributed by atoms with Gasteiger partial charge >= 0.3 is 11.9 Å². The molecule has 0 saturated carbocycles. The zero-order chi connectivity index (χ0) is 19.8. The van der Waals surface area contributed by atoms with Gasteiger partial charge in [0.2, 0.25) is 0 Å². The number of hydrogen-bond donors (Lipinski definition) is 1. The van der Waals surface area contributed by atoms with E-state index in [9.17, 15) is 19.2 Å². The van der Waals surface area contributed by atoms with Gasteiger partial charge in [0.1, 0.15) is 12.3 Å². The van der Waals surface area contributed by atoms with Crippen LogP contribution in [0.1, 0.15) is 25.3 Å². The highest BCUT2D eigenvalue weighted by Crippen LogP contribution is 2.32. The number of ether oxygens (including phenoxy) is 2. The maximum atomic E-state index is 12.3. The third kappa shape index (κ3) is 6.14. The van der Waals surface area contributed by atoms with E-state index in [2.05, 4.69) is 0 Å². The van der Waals surface area contributed by atoms with E-state index in [0.717, 1.165) is 29.5 Å². The Labute approximate surface area is 160 Å². The van der Waals surface area contributed by atoms with Gasteiger partial charge in [0.05, 0.1) is 11.5 Å². The van der Waals surface area contributed by atoms with Crippen LogP contribution in [0.3, 0.4) is 0 Å². The molecule has 0 aromatic heterocycles. The van der Waals surface area contributed by atoms with E-state index in [1.54, 1.807) is 24.3 Å². The summed E-state index contributed by atoms with van der Waals surface area (Å²) in [5, 5.41) is 8.05. The molecular formula is C18H19NO7S. The average molecular weight is 393 g/mol. The van der Waals surface area contributed by atoms with Crippen LogP contribution < -0.4 is 4.74 Å². The van der Waals surface area contributed by atoms with Gasteiger partial charge in [-0.25, -0.2) is 4.79 Å². The molecule has 2 rings (SSSR count).